The molecule has 0 fully saturated rings. The van der Waals surface area contributed by atoms with Gasteiger partial charge in [0.2, 0.25) is 0 Å². The van der Waals surface area contributed by atoms with Gasteiger partial charge in [-0.15, -0.1) is 6.58 Å². The average molecular weight is 530 g/mol. The van der Waals surface area contributed by atoms with E-state index in [0.29, 0.717) is 42.0 Å². The Morgan fingerprint density at radius 3 is 2.62 bits per heavy atom. The molecule has 0 bridgehead atoms. The number of nitrogens with zero attached hydrogens (tertiary/aromatic N) is 4. The maximum atomic E-state index is 12.9. The summed E-state index contributed by atoms with van der Waals surface area (Å²) in [5.41, 5.74) is 3.05. The molecule has 10 heteroatoms. The number of hydrogen-bond acceptors (Lipinski definition) is 9. The number of carbonyl (C=O) groups is 1. The molecule has 9 nitrogen and oxygen atoms in total. The Labute approximate surface area is 225 Å². The van der Waals surface area contributed by atoms with Gasteiger partial charge in [-0.05, 0) is 63.6 Å². The molecule has 0 aliphatic heterocycles. The van der Waals surface area contributed by atoms with Gasteiger partial charge in [0.15, 0.2) is 5.13 Å². The molecule has 0 aliphatic carbocycles. The largest absolute Gasteiger partial charge is 0.369 e. The number of thiazole rings is 1. The predicted molar refractivity (Wildman–Crippen MR) is 157 cm³/mol. The van der Waals surface area contributed by atoms with Crippen molar-refractivity contribution in [2.75, 3.05) is 44.6 Å². The molecule has 204 valence electrons. The van der Waals surface area contributed by atoms with Crippen LogP contribution in [0.15, 0.2) is 63.8 Å². The van der Waals surface area contributed by atoms with Crippen LogP contribution in [0, 0.1) is 4.91 Å². The van der Waals surface area contributed by atoms with Crippen molar-refractivity contribution in [1.29, 1.82) is 0 Å². The summed E-state index contributed by atoms with van der Waals surface area (Å²) in [6.45, 7) is 19.5. The maximum Gasteiger partial charge on any atom is 0.267 e. The Morgan fingerprint density at radius 1 is 1.19 bits per heavy atom. The number of anilines is 1. The number of rotatable bonds is 20. The van der Waals surface area contributed by atoms with Gasteiger partial charge in [-0.3, -0.25) is 9.69 Å². The number of nitrogens with one attached hydrogen (secondary N) is 3. The van der Waals surface area contributed by atoms with Crippen LogP contribution in [0.1, 0.15) is 63.0 Å². The van der Waals surface area contributed by atoms with Crippen LogP contribution in [0.2, 0.25) is 0 Å². The van der Waals surface area contributed by atoms with Gasteiger partial charge in [-0.25, -0.2) is 9.98 Å². The Hall–Kier alpha value is -3.11. The molecule has 0 aromatic carbocycles. The summed E-state index contributed by atoms with van der Waals surface area (Å²) < 4.78 is 0. The van der Waals surface area contributed by atoms with Gasteiger partial charge in [0, 0.05) is 31.9 Å². The molecule has 1 aromatic heterocycles. The fourth-order valence-corrected chi connectivity index (χ4v) is 4.36. The molecule has 1 rings (SSSR count). The van der Waals surface area contributed by atoms with Crippen LogP contribution in [0.3, 0.4) is 0 Å². The topological polar surface area (TPSA) is 111 Å². The lowest BCUT2D eigenvalue weighted by atomic mass is 10.0. The fourth-order valence-electron chi connectivity index (χ4n) is 3.64. The van der Waals surface area contributed by atoms with Crippen molar-refractivity contribution in [3.05, 3.63) is 63.5 Å². The molecule has 1 heterocycles. The minimum absolute atomic E-state index is 0.172. The van der Waals surface area contributed by atoms with Gasteiger partial charge in [-0.1, -0.05) is 48.9 Å². The first-order valence-electron chi connectivity index (χ1n) is 12.8. The molecule has 0 aliphatic rings. The minimum atomic E-state index is -0.172. The van der Waals surface area contributed by atoms with E-state index in [1.807, 2.05) is 19.1 Å². The molecule has 0 radical (unpaired) electrons. The summed E-state index contributed by atoms with van der Waals surface area (Å²) in [7, 11) is 0. The molecule has 0 saturated carbocycles. The zero-order valence-corrected chi connectivity index (χ0v) is 23.6. The number of aliphatic imine (C=N–C) groups is 1. The lowest BCUT2D eigenvalue weighted by Crippen LogP contribution is -2.34. The number of aromatic nitrogens is 1. The van der Waals surface area contributed by atoms with Crippen LogP contribution in [0.5, 0.6) is 0 Å². The van der Waals surface area contributed by atoms with Crippen molar-refractivity contribution in [2.24, 2.45) is 10.2 Å². The first kappa shape index (κ1) is 31.9. The van der Waals surface area contributed by atoms with Crippen molar-refractivity contribution in [1.82, 2.24) is 20.5 Å². The summed E-state index contributed by atoms with van der Waals surface area (Å²) in [5, 5.41) is 13.1. The van der Waals surface area contributed by atoms with Gasteiger partial charge in [0.1, 0.15) is 10.7 Å². The zero-order valence-electron chi connectivity index (χ0n) is 22.8. The van der Waals surface area contributed by atoms with Crippen LogP contribution in [0.4, 0.5) is 5.13 Å². The molecule has 0 atom stereocenters. The molecule has 3 N–H and O–H groups in total. The second kappa shape index (κ2) is 19.1. The normalized spacial score (nSPS) is 12.7. The molecule has 0 spiro atoms. The van der Waals surface area contributed by atoms with Gasteiger partial charge < -0.3 is 16.0 Å². The second-order valence-corrected chi connectivity index (χ2v) is 9.58. The summed E-state index contributed by atoms with van der Waals surface area (Å²) in [6, 6.07) is 0. The first-order valence-corrected chi connectivity index (χ1v) is 13.6. The number of amides is 1. The van der Waals surface area contributed by atoms with Crippen LogP contribution in [-0.2, 0) is 0 Å². The van der Waals surface area contributed by atoms with Crippen LogP contribution < -0.4 is 16.0 Å². The predicted octanol–water partition coefficient (Wildman–Crippen LogP) is 5.49. The highest BCUT2D eigenvalue weighted by Crippen LogP contribution is 2.21. The van der Waals surface area contributed by atoms with E-state index in [1.165, 1.54) is 11.3 Å². The molecular formula is C27H43N7O2S. The van der Waals surface area contributed by atoms with Crippen LogP contribution >= 0.6 is 11.3 Å². The first-order chi connectivity index (χ1) is 17.9. The zero-order chi connectivity index (χ0) is 27.5. The summed E-state index contributed by atoms with van der Waals surface area (Å²) in [4.78, 5) is 34.5. The van der Waals surface area contributed by atoms with Crippen molar-refractivity contribution >= 4 is 29.1 Å². The monoisotopic (exact) mass is 529 g/mol. The second-order valence-electron chi connectivity index (χ2n) is 8.55. The van der Waals surface area contributed by atoms with Crippen molar-refractivity contribution in [2.45, 2.75) is 53.4 Å². The number of allylic oxidation sites excluding steroid dienone is 4. The van der Waals surface area contributed by atoms with E-state index in [1.54, 1.807) is 6.20 Å². The number of carbonyl (C=O) groups excluding carboxylic acids is 1. The molecule has 1 amide bonds. The Kier molecular flexibility index (Phi) is 16.4. The Balaban J connectivity index is 2.70. The van der Waals surface area contributed by atoms with E-state index >= 15 is 0 Å². The third-order valence-corrected chi connectivity index (χ3v) is 6.46. The lowest BCUT2D eigenvalue weighted by molar-refractivity contribution is 0.0970. The SMILES string of the molecule is C=CCC=C(C)/C(NC(=O)c1cnc(NC/C=C(\N=C)NCCN(CCC)CCN=O)s1)=C(/C)CCC. The summed E-state index contributed by atoms with van der Waals surface area (Å²) in [5.74, 6) is 0.490. The van der Waals surface area contributed by atoms with Crippen LogP contribution in [-0.4, -0.2) is 61.8 Å². The Morgan fingerprint density at radius 2 is 1.97 bits per heavy atom. The fraction of sp³-hybridized carbons (Fsp3) is 0.519. The molecule has 0 unspecified atom stereocenters. The smallest absolute Gasteiger partial charge is 0.267 e. The van der Waals surface area contributed by atoms with E-state index in [4.69, 9.17) is 0 Å². The summed E-state index contributed by atoms with van der Waals surface area (Å²) >= 11 is 1.30. The van der Waals surface area contributed by atoms with E-state index in [2.05, 4.69) is 76.1 Å². The number of nitroso groups, excluding NO2 is 1. The van der Waals surface area contributed by atoms with Gasteiger partial charge in [0.05, 0.1) is 12.7 Å². The molecule has 0 saturated heterocycles. The van der Waals surface area contributed by atoms with Crippen molar-refractivity contribution in [3.8, 4) is 0 Å². The third-order valence-electron chi connectivity index (χ3n) is 5.51. The van der Waals surface area contributed by atoms with E-state index in [9.17, 15) is 9.70 Å². The minimum Gasteiger partial charge on any atom is -0.369 e. The quantitative estimate of drug-likeness (QED) is 0.0891. The highest BCUT2D eigenvalue weighted by molar-refractivity contribution is 7.17. The molecular weight excluding hydrogens is 486 g/mol. The van der Waals surface area contributed by atoms with E-state index < -0.39 is 0 Å². The number of hydrogen-bond donors (Lipinski definition) is 3. The van der Waals surface area contributed by atoms with Gasteiger partial charge >= 0.3 is 0 Å². The van der Waals surface area contributed by atoms with Crippen molar-refractivity contribution < 1.29 is 4.79 Å². The lowest BCUT2D eigenvalue weighted by Gasteiger charge is -2.20. The maximum absolute atomic E-state index is 12.9. The van der Waals surface area contributed by atoms with Crippen LogP contribution in [0.25, 0.3) is 0 Å². The summed E-state index contributed by atoms with van der Waals surface area (Å²) in [6.07, 6.45) is 11.1. The highest BCUT2D eigenvalue weighted by Gasteiger charge is 2.14. The molecule has 37 heavy (non-hydrogen) atoms. The van der Waals surface area contributed by atoms with Gasteiger partial charge in [0.25, 0.3) is 5.91 Å². The highest BCUT2D eigenvalue weighted by atomic mass is 32.1. The Bertz CT molecular complexity index is 966. The molecule has 1 aromatic rings. The average Bonchev–Trinajstić information content (AvgIpc) is 3.37. The van der Waals surface area contributed by atoms with E-state index in [-0.39, 0.29) is 5.91 Å². The van der Waals surface area contributed by atoms with Crippen molar-refractivity contribution in [3.63, 3.8) is 0 Å². The standard InChI is InChI=1S/C27H43N7O2S/c1-7-10-12-22(5)25(21(4)11-8-2)33-26(35)23-20-31-27(37-23)30-14-13-24(28-6)29-15-18-34(17-9-3)19-16-32-36/h7,12-13,20,29H,1,6,8-11,14-19H2,2-5H3,(H,30,31)(H,33,35)/b22-12?,24-13+,25-21+. The third kappa shape index (κ3) is 12.6. The van der Waals surface area contributed by atoms with Gasteiger partial charge in [-0.2, -0.15) is 4.91 Å². The van der Waals surface area contributed by atoms with E-state index in [0.717, 1.165) is 55.6 Å².